The average molecular weight is 405 g/mol. The Kier molecular flexibility index (Phi) is 41.0. The number of methoxy groups -OCH3 is 2. The second-order valence-corrected chi connectivity index (χ2v) is 6.42. The Balaban J connectivity index is -0.000000297. The molecule has 0 spiro atoms. The van der Waals surface area contributed by atoms with Gasteiger partial charge in [0.05, 0.1) is 0 Å². The molecule has 2 rings (SSSR count). The summed E-state index contributed by atoms with van der Waals surface area (Å²) >= 11 is 0. The van der Waals surface area contributed by atoms with Gasteiger partial charge >= 0.3 is 0 Å². The van der Waals surface area contributed by atoms with Crippen LogP contribution in [0.4, 0.5) is 0 Å². The first-order chi connectivity index (χ1) is 14.2. The zero-order valence-corrected chi connectivity index (χ0v) is 20.1. The number of hydrogen-bond donors (Lipinski definition) is 0. The molecular weight excluding hydrogens is 356 g/mol. The predicted molar refractivity (Wildman–Crippen MR) is 132 cm³/mol. The molecule has 0 saturated carbocycles. The zero-order valence-electron chi connectivity index (χ0n) is 20.1. The molecule has 0 unspecified atom stereocenters. The molecule has 0 N–H and O–H groups in total. The first-order valence-electron chi connectivity index (χ1n) is 11.2. The SMILES string of the molecule is CCC.CCCCCOC.CCCCCOC.c1ccccc1.c1ccccc1. The van der Waals surface area contributed by atoms with E-state index in [1.165, 1.54) is 44.9 Å². The summed E-state index contributed by atoms with van der Waals surface area (Å²) in [5.74, 6) is 0. The summed E-state index contributed by atoms with van der Waals surface area (Å²) in [7, 11) is 3.49. The van der Waals surface area contributed by atoms with E-state index in [0.717, 1.165) is 13.2 Å². The average Bonchev–Trinajstić information content (AvgIpc) is 2.79. The Morgan fingerprint density at radius 1 is 0.414 bits per heavy atom. The van der Waals surface area contributed by atoms with Gasteiger partial charge in [0.15, 0.2) is 0 Å². The van der Waals surface area contributed by atoms with E-state index in [1.807, 2.05) is 72.8 Å². The molecule has 0 aromatic heterocycles. The molecule has 0 radical (unpaired) electrons. The lowest BCUT2D eigenvalue weighted by Gasteiger charge is -1.92. The summed E-state index contributed by atoms with van der Waals surface area (Å²) in [6.07, 6.45) is 8.84. The normalized spacial score (nSPS) is 8.48. The Bertz CT molecular complexity index is 314. The van der Waals surface area contributed by atoms with Crippen molar-refractivity contribution in [3.63, 3.8) is 0 Å². The summed E-state index contributed by atoms with van der Waals surface area (Å²) in [6.45, 7) is 10.5. The van der Waals surface area contributed by atoms with Crippen molar-refractivity contribution < 1.29 is 9.47 Å². The van der Waals surface area contributed by atoms with Crippen molar-refractivity contribution in [2.24, 2.45) is 0 Å². The molecule has 0 fully saturated rings. The molecule has 0 atom stereocenters. The zero-order chi connectivity index (χ0) is 22.3. The van der Waals surface area contributed by atoms with Crippen molar-refractivity contribution in [3.8, 4) is 0 Å². The van der Waals surface area contributed by atoms with Gasteiger partial charge in [0.2, 0.25) is 0 Å². The van der Waals surface area contributed by atoms with E-state index in [2.05, 4.69) is 27.7 Å². The van der Waals surface area contributed by atoms with Crippen LogP contribution in [-0.2, 0) is 9.47 Å². The highest BCUT2D eigenvalue weighted by molar-refractivity contribution is 4.99. The first kappa shape index (κ1) is 32.0. The molecule has 0 saturated heterocycles. The third-order valence-corrected chi connectivity index (χ3v) is 3.24. The van der Waals surface area contributed by atoms with Gasteiger partial charge in [0.25, 0.3) is 0 Å². The molecule has 0 aliphatic rings. The smallest absolute Gasteiger partial charge is 0.0462 e. The molecule has 29 heavy (non-hydrogen) atoms. The van der Waals surface area contributed by atoms with E-state index in [4.69, 9.17) is 9.47 Å². The summed E-state index contributed by atoms with van der Waals surface area (Å²) < 4.78 is 9.69. The van der Waals surface area contributed by atoms with Crippen molar-refractivity contribution in [1.82, 2.24) is 0 Å². The molecular formula is C27H48O2. The van der Waals surface area contributed by atoms with E-state index in [0.29, 0.717) is 0 Å². The lowest BCUT2D eigenvalue weighted by Crippen LogP contribution is -1.85. The fourth-order valence-electron chi connectivity index (χ4n) is 1.76. The van der Waals surface area contributed by atoms with Gasteiger partial charge in [-0.2, -0.15) is 0 Å². The van der Waals surface area contributed by atoms with Crippen LogP contribution < -0.4 is 0 Å². The number of hydrogen-bond acceptors (Lipinski definition) is 2. The minimum Gasteiger partial charge on any atom is -0.385 e. The van der Waals surface area contributed by atoms with Crippen LogP contribution in [0.1, 0.15) is 72.6 Å². The molecule has 2 aromatic carbocycles. The van der Waals surface area contributed by atoms with E-state index < -0.39 is 0 Å². The van der Waals surface area contributed by atoms with Gasteiger partial charge in [0, 0.05) is 27.4 Å². The maximum Gasteiger partial charge on any atom is 0.0462 e. The van der Waals surface area contributed by atoms with Gasteiger partial charge in [-0.05, 0) is 12.8 Å². The minimum absolute atomic E-state index is 0.924. The Morgan fingerprint density at radius 3 is 0.759 bits per heavy atom. The topological polar surface area (TPSA) is 18.5 Å². The van der Waals surface area contributed by atoms with E-state index in [9.17, 15) is 0 Å². The summed E-state index contributed by atoms with van der Waals surface area (Å²) in [6, 6.07) is 24.0. The molecule has 0 aliphatic heterocycles. The van der Waals surface area contributed by atoms with Crippen LogP contribution in [0.5, 0.6) is 0 Å². The number of ether oxygens (including phenoxy) is 2. The maximum absolute atomic E-state index is 4.84. The van der Waals surface area contributed by atoms with Gasteiger partial charge in [-0.15, -0.1) is 0 Å². The summed E-state index contributed by atoms with van der Waals surface area (Å²) in [4.78, 5) is 0. The van der Waals surface area contributed by atoms with Crippen LogP contribution in [-0.4, -0.2) is 27.4 Å². The van der Waals surface area contributed by atoms with Crippen molar-refractivity contribution in [2.45, 2.75) is 72.6 Å². The fourth-order valence-corrected chi connectivity index (χ4v) is 1.76. The highest BCUT2D eigenvalue weighted by Crippen LogP contribution is 1.92. The Labute approximate surface area is 182 Å². The lowest BCUT2D eigenvalue weighted by atomic mass is 10.3. The van der Waals surface area contributed by atoms with E-state index in [1.54, 1.807) is 14.2 Å². The standard InChI is InChI=1S/2C6H14O.2C6H6.C3H8/c2*1-3-4-5-6-7-2;2*1-2-4-6-5-3-1;1-3-2/h2*3-6H2,1-2H3;2*1-6H;3H2,1-2H3. The third-order valence-electron chi connectivity index (χ3n) is 3.24. The molecule has 0 amide bonds. The highest BCUT2D eigenvalue weighted by atomic mass is 16.5. The Hall–Kier alpha value is -1.64. The van der Waals surface area contributed by atoms with Gasteiger partial charge in [0.1, 0.15) is 0 Å². The molecule has 2 nitrogen and oxygen atoms in total. The molecule has 2 aromatic rings. The van der Waals surface area contributed by atoms with Crippen LogP contribution in [0.25, 0.3) is 0 Å². The highest BCUT2D eigenvalue weighted by Gasteiger charge is 1.80. The molecule has 0 aliphatic carbocycles. The van der Waals surface area contributed by atoms with Gasteiger partial charge in [-0.25, -0.2) is 0 Å². The van der Waals surface area contributed by atoms with Crippen LogP contribution >= 0.6 is 0 Å². The van der Waals surface area contributed by atoms with Gasteiger partial charge in [-0.3, -0.25) is 0 Å². The van der Waals surface area contributed by atoms with Crippen molar-refractivity contribution in [2.75, 3.05) is 27.4 Å². The monoisotopic (exact) mass is 404 g/mol. The minimum atomic E-state index is 0.924. The second kappa shape index (κ2) is 37.2. The number of unbranched alkanes of at least 4 members (excludes halogenated alkanes) is 4. The second-order valence-electron chi connectivity index (χ2n) is 6.42. The predicted octanol–water partition coefficient (Wildman–Crippen LogP) is 8.44. The van der Waals surface area contributed by atoms with Crippen LogP contribution in [0.15, 0.2) is 72.8 Å². The molecule has 0 bridgehead atoms. The molecule has 168 valence electrons. The van der Waals surface area contributed by atoms with E-state index >= 15 is 0 Å². The lowest BCUT2D eigenvalue weighted by molar-refractivity contribution is 0.192. The molecule has 0 heterocycles. The maximum atomic E-state index is 4.84. The Morgan fingerprint density at radius 2 is 0.621 bits per heavy atom. The number of rotatable bonds is 8. The van der Waals surface area contributed by atoms with Crippen molar-refractivity contribution >= 4 is 0 Å². The largest absolute Gasteiger partial charge is 0.385 e. The summed E-state index contributed by atoms with van der Waals surface area (Å²) in [5.41, 5.74) is 0. The van der Waals surface area contributed by atoms with Crippen LogP contribution in [0.3, 0.4) is 0 Å². The van der Waals surface area contributed by atoms with Gasteiger partial charge in [-0.1, -0.05) is 133 Å². The van der Waals surface area contributed by atoms with Gasteiger partial charge < -0.3 is 9.47 Å². The third kappa shape index (κ3) is 46.4. The number of benzene rings is 2. The van der Waals surface area contributed by atoms with Crippen molar-refractivity contribution in [3.05, 3.63) is 72.8 Å². The van der Waals surface area contributed by atoms with Crippen molar-refractivity contribution in [1.29, 1.82) is 0 Å². The van der Waals surface area contributed by atoms with E-state index in [-0.39, 0.29) is 0 Å². The first-order valence-corrected chi connectivity index (χ1v) is 11.2. The van der Waals surface area contributed by atoms with Crippen LogP contribution in [0.2, 0.25) is 0 Å². The quantitative estimate of drug-likeness (QED) is 0.411. The molecule has 2 heteroatoms. The van der Waals surface area contributed by atoms with Crippen LogP contribution in [0, 0.1) is 0 Å². The summed E-state index contributed by atoms with van der Waals surface area (Å²) in [5, 5.41) is 0. The fraction of sp³-hybridized carbons (Fsp3) is 0.556.